The Morgan fingerprint density at radius 2 is 2.60 bits per heavy atom. The van der Waals surface area contributed by atoms with E-state index in [9.17, 15) is 4.79 Å². The molecular weight excluding hydrogens is 128 g/mol. The molecule has 0 aromatic rings. The molecule has 1 amide bonds. The van der Waals surface area contributed by atoms with Crippen molar-refractivity contribution in [3.8, 4) is 0 Å². The molecule has 2 N–H and O–H groups in total. The van der Waals surface area contributed by atoms with Crippen LogP contribution < -0.4 is 10.6 Å². The van der Waals surface area contributed by atoms with Crippen LogP contribution in [0.3, 0.4) is 0 Å². The fraction of sp³-hybridized carbons (Fsp3) is 0.857. The highest BCUT2D eigenvalue weighted by Crippen LogP contribution is 2.03. The summed E-state index contributed by atoms with van der Waals surface area (Å²) in [5.41, 5.74) is 0. The molecule has 1 unspecified atom stereocenters. The summed E-state index contributed by atoms with van der Waals surface area (Å²) in [5, 5.41) is 5.92. The Morgan fingerprint density at radius 1 is 1.80 bits per heavy atom. The number of likely N-dealkylation sites (N-methyl/N-ethyl adjacent to an activating group) is 1. The van der Waals surface area contributed by atoms with E-state index in [1.54, 1.807) is 0 Å². The first-order chi connectivity index (χ1) is 4.84. The van der Waals surface area contributed by atoms with E-state index in [0.29, 0.717) is 0 Å². The van der Waals surface area contributed by atoms with Crippen molar-refractivity contribution < 1.29 is 4.79 Å². The summed E-state index contributed by atoms with van der Waals surface area (Å²) >= 11 is 0. The number of nitrogens with one attached hydrogen (secondary N) is 2. The monoisotopic (exact) mass is 142 g/mol. The quantitative estimate of drug-likeness (QED) is 0.564. The van der Waals surface area contributed by atoms with Crippen LogP contribution in [0.25, 0.3) is 0 Å². The lowest BCUT2D eigenvalue weighted by molar-refractivity contribution is -0.122. The molecule has 0 spiro atoms. The molecule has 1 fully saturated rings. The summed E-state index contributed by atoms with van der Waals surface area (Å²) in [4.78, 5) is 11.1. The van der Waals surface area contributed by atoms with Crippen LogP contribution in [0.15, 0.2) is 0 Å². The molecule has 58 valence electrons. The van der Waals surface area contributed by atoms with Crippen LogP contribution in [0.5, 0.6) is 0 Å². The summed E-state index contributed by atoms with van der Waals surface area (Å²) in [6, 6.07) is 0.0833. The first-order valence-electron chi connectivity index (χ1n) is 3.85. The molecule has 0 bridgehead atoms. The molecule has 0 saturated carbocycles. The molecule has 1 atom stereocenters. The van der Waals surface area contributed by atoms with Gasteiger partial charge in [0.1, 0.15) is 0 Å². The van der Waals surface area contributed by atoms with Crippen molar-refractivity contribution in [2.45, 2.75) is 25.8 Å². The van der Waals surface area contributed by atoms with Crippen LogP contribution in [-0.4, -0.2) is 25.0 Å². The lowest BCUT2D eigenvalue weighted by atomic mass is 10.2. The Labute approximate surface area is 61.2 Å². The van der Waals surface area contributed by atoms with E-state index in [4.69, 9.17) is 0 Å². The third-order valence-corrected chi connectivity index (χ3v) is 1.73. The number of carbonyl (C=O) groups is 1. The normalized spacial score (nSPS) is 24.7. The van der Waals surface area contributed by atoms with Crippen LogP contribution in [0, 0.1) is 0 Å². The minimum Gasteiger partial charge on any atom is -0.355 e. The number of rotatable bonds is 2. The zero-order chi connectivity index (χ0) is 7.40. The first kappa shape index (κ1) is 7.54. The highest BCUT2D eigenvalue weighted by molar-refractivity contribution is 5.81. The van der Waals surface area contributed by atoms with Gasteiger partial charge in [-0.25, -0.2) is 0 Å². The van der Waals surface area contributed by atoms with Gasteiger partial charge in [-0.05, 0) is 26.3 Å². The van der Waals surface area contributed by atoms with Gasteiger partial charge < -0.3 is 10.6 Å². The highest BCUT2D eigenvalue weighted by atomic mass is 16.2. The number of carbonyl (C=O) groups excluding carboxylic acids is 1. The van der Waals surface area contributed by atoms with Crippen molar-refractivity contribution in [2.75, 3.05) is 13.1 Å². The van der Waals surface area contributed by atoms with Gasteiger partial charge in [0.15, 0.2) is 0 Å². The van der Waals surface area contributed by atoms with Crippen molar-refractivity contribution in [1.82, 2.24) is 10.6 Å². The molecular formula is C7H14N2O. The number of hydrogen-bond acceptors (Lipinski definition) is 2. The second-order valence-electron chi connectivity index (χ2n) is 2.54. The molecule has 1 aliphatic heterocycles. The predicted octanol–water partition coefficient (Wildman–Crippen LogP) is -0.126. The van der Waals surface area contributed by atoms with E-state index in [-0.39, 0.29) is 11.9 Å². The zero-order valence-electron chi connectivity index (χ0n) is 6.31. The van der Waals surface area contributed by atoms with E-state index >= 15 is 0 Å². The summed E-state index contributed by atoms with van der Waals surface area (Å²) in [7, 11) is 0. The van der Waals surface area contributed by atoms with Crippen LogP contribution in [-0.2, 0) is 4.79 Å². The second kappa shape index (κ2) is 3.56. The van der Waals surface area contributed by atoms with Crippen LogP contribution in [0.4, 0.5) is 0 Å². The topological polar surface area (TPSA) is 41.1 Å². The SMILES string of the molecule is CCNC(=O)C1CCCN1. The van der Waals surface area contributed by atoms with E-state index in [1.165, 1.54) is 0 Å². The Balaban J connectivity index is 2.25. The van der Waals surface area contributed by atoms with Gasteiger partial charge in [-0.15, -0.1) is 0 Å². The molecule has 0 aromatic carbocycles. The molecule has 1 saturated heterocycles. The van der Waals surface area contributed by atoms with Crippen molar-refractivity contribution in [3.63, 3.8) is 0 Å². The Bertz CT molecular complexity index is 119. The molecule has 1 rings (SSSR count). The summed E-state index contributed by atoms with van der Waals surface area (Å²) in [6.45, 7) is 3.66. The van der Waals surface area contributed by atoms with Crippen LogP contribution in [0.2, 0.25) is 0 Å². The van der Waals surface area contributed by atoms with E-state index in [1.807, 2.05) is 6.92 Å². The lowest BCUT2D eigenvalue weighted by Gasteiger charge is -2.08. The maximum absolute atomic E-state index is 11.1. The van der Waals surface area contributed by atoms with Gasteiger partial charge in [-0.1, -0.05) is 0 Å². The molecule has 0 aromatic heterocycles. The lowest BCUT2D eigenvalue weighted by Crippen LogP contribution is -2.40. The average molecular weight is 142 g/mol. The third kappa shape index (κ3) is 1.70. The second-order valence-corrected chi connectivity index (χ2v) is 2.54. The Morgan fingerprint density at radius 3 is 3.10 bits per heavy atom. The van der Waals surface area contributed by atoms with Gasteiger partial charge in [-0.3, -0.25) is 4.79 Å². The van der Waals surface area contributed by atoms with Gasteiger partial charge in [0.2, 0.25) is 5.91 Å². The first-order valence-corrected chi connectivity index (χ1v) is 3.85. The molecule has 1 heterocycles. The Hall–Kier alpha value is -0.570. The van der Waals surface area contributed by atoms with E-state index in [2.05, 4.69) is 10.6 Å². The highest BCUT2D eigenvalue weighted by Gasteiger charge is 2.20. The van der Waals surface area contributed by atoms with Gasteiger partial charge in [0.05, 0.1) is 6.04 Å². The number of amides is 1. The maximum atomic E-state index is 11.1. The van der Waals surface area contributed by atoms with Gasteiger partial charge in [-0.2, -0.15) is 0 Å². The summed E-state index contributed by atoms with van der Waals surface area (Å²) in [5.74, 6) is 0.153. The van der Waals surface area contributed by atoms with E-state index < -0.39 is 0 Å². The van der Waals surface area contributed by atoms with Gasteiger partial charge >= 0.3 is 0 Å². The zero-order valence-corrected chi connectivity index (χ0v) is 6.31. The van der Waals surface area contributed by atoms with Crippen molar-refractivity contribution in [2.24, 2.45) is 0 Å². The van der Waals surface area contributed by atoms with Crippen molar-refractivity contribution >= 4 is 5.91 Å². The maximum Gasteiger partial charge on any atom is 0.237 e. The van der Waals surface area contributed by atoms with Crippen LogP contribution in [0.1, 0.15) is 19.8 Å². The smallest absolute Gasteiger partial charge is 0.237 e. The fourth-order valence-electron chi connectivity index (χ4n) is 1.21. The standard InChI is InChI=1S/C7H14N2O/c1-2-8-7(10)6-4-3-5-9-6/h6,9H,2-5H2,1H3,(H,8,10). The predicted molar refractivity (Wildman–Crippen MR) is 39.7 cm³/mol. The van der Waals surface area contributed by atoms with Crippen molar-refractivity contribution in [1.29, 1.82) is 0 Å². The minimum atomic E-state index is 0.0833. The molecule has 1 aliphatic rings. The van der Waals surface area contributed by atoms with Gasteiger partial charge in [0.25, 0.3) is 0 Å². The molecule has 3 heteroatoms. The minimum absolute atomic E-state index is 0.0833. The average Bonchev–Trinajstić information content (AvgIpc) is 2.38. The molecule has 0 aliphatic carbocycles. The van der Waals surface area contributed by atoms with Crippen molar-refractivity contribution in [3.05, 3.63) is 0 Å². The van der Waals surface area contributed by atoms with Crippen LogP contribution >= 0.6 is 0 Å². The van der Waals surface area contributed by atoms with Gasteiger partial charge in [0, 0.05) is 6.54 Å². The number of hydrogen-bond donors (Lipinski definition) is 2. The summed E-state index contributed by atoms with van der Waals surface area (Å²) in [6.07, 6.45) is 2.12. The fourth-order valence-corrected chi connectivity index (χ4v) is 1.21. The third-order valence-electron chi connectivity index (χ3n) is 1.73. The molecule has 3 nitrogen and oxygen atoms in total. The Kier molecular flexibility index (Phi) is 2.68. The largest absolute Gasteiger partial charge is 0.355 e. The summed E-state index contributed by atoms with van der Waals surface area (Å²) < 4.78 is 0. The molecule has 10 heavy (non-hydrogen) atoms. The van der Waals surface area contributed by atoms with E-state index in [0.717, 1.165) is 25.9 Å². The molecule has 0 radical (unpaired) electrons.